The molecule has 1 aromatic heterocycles. The average Bonchev–Trinajstić information content (AvgIpc) is 3.31. The van der Waals surface area contributed by atoms with Crippen molar-refractivity contribution in [3.05, 3.63) is 53.3 Å². The normalized spacial score (nSPS) is 13.7. The summed E-state index contributed by atoms with van der Waals surface area (Å²) in [6, 6.07) is 8.20. The highest BCUT2D eigenvalue weighted by atomic mass is 16.5. The molecule has 1 saturated heterocycles. The van der Waals surface area contributed by atoms with Crippen LogP contribution in [0.2, 0.25) is 0 Å². The molecule has 1 aromatic carbocycles. The van der Waals surface area contributed by atoms with Gasteiger partial charge in [-0.2, -0.15) is 0 Å². The van der Waals surface area contributed by atoms with Gasteiger partial charge in [0.1, 0.15) is 11.4 Å². The number of likely N-dealkylation sites (tertiary alicyclic amines) is 1. The van der Waals surface area contributed by atoms with Crippen molar-refractivity contribution in [1.82, 2.24) is 9.88 Å². The van der Waals surface area contributed by atoms with Crippen LogP contribution in [-0.2, 0) is 0 Å². The molecule has 3 rings (SSSR count). The second-order valence-corrected chi connectivity index (χ2v) is 6.09. The Morgan fingerprint density at radius 3 is 2.40 bits per heavy atom. The summed E-state index contributed by atoms with van der Waals surface area (Å²) < 4.78 is 5.46. The summed E-state index contributed by atoms with van der Waals surface area (Å²) in [6.45, 7) is 2.89. The summed E-state index contributed by atoms with van der Waals surface area (Å²) in [5, 5.41) is 0. The van der Waals surface area contributed by atoms with Crippen molar-refractivity contribution >= 4 is 17.5 Å². The van der Waals surface area contributed by atoms with E-state index in [1.165, 1.54) is 13.1 Å². The SMILES string of the molecule is CC(=O)c1ccc(OCC(=O)c2c[nH]c(C(=O)N3CCCC3)c2)cc1. The van der Waals surface area contributed by atoms with E-state index >= 15 is 0 Å². The molecular formula is C19H20N2O4. The Bertz CT molecular complexity index is 786. The summed E-state index contributed by atoms with van der Waals surface area (Å²) >= 11 is 0. The Morgan fingerprint density at radius 1 is 1.08 bits per heavy atom. The molecule has 2 heterocycles. The fourth-order valence-corrected chi connectivity index (χ4v) is 2.79. The Kier molecular flexibility index (Phi) is 4.97. The number of aromatic nitrogens is 1. The van der Waals surface area contributed by atoms with Crippen molar-refractivity contribution in [3.63, 3.8) is 0 Å². The lowest BCUT2D eigenvalue weighted by atomic mass is 10.1. The zero-order valence-electron chi connectivity index (χ0n) is 14.1. The quantitative estimate of drug-likeness (QED) is 0.820. The number of hydrogen-bond acceptors (Lipinski definition) is 4. The average molecular weight is 340 g/mol. The van der Waals surface area contributed by atoms with Crippen LogP contribution in [0.3, 0.4) is 0 Å². The minimum atomic E-state index is -0.215. The molecule has 0 atom stereocenters. The predicted octanol–water partition coefficient (Wildman–Crippen LogP) is 2.72. The van der Waals surface area contributed by atoms with E-state index in [0.717, 1.165) is 25.9 Å². The molecule has 1 aliphatic heterocycles. The highest BCUT2D eigenvalue weighted by Gasteiger charge is 2.21. The monoisotopic (exact) mass is 340 g/mol. The van der Waals surface area contributed by atoms with Crippen LogP contribution in [0, 0.1) is 0 Å². The van der Waals surface area contributed by atoms with Crippen molar-refractivity contribution in [2.24, 2.45) is 0 Å². The first kappa shape index (κ1) is 17.0. The molecular weight excluding hydrogens is 320 g/mol. The van der Waals surface area contributed by atoms with Gasteiger partial charge in [-0.25, -0.2) is 0 Å². The zero-order chi connectivity index (χ0) is 17.8. The number of hydrogen-bond donors (Lipinski definition) is 1. The number of ether oxygens (including phenoxy) is 1. The number of Topliss-reactive ketones (excluding diaryl/α,β-unsaturated/α-hetero) is 2. The molecule has 1 fully saturated rings. The summed E-state index contributed by atoms with van der Waals surface area (Å²) in [5.74, 6) is 0.206. The zero-order valence-corrected chi connectivity index (χ0v) is 14.1. The third-order valence-corrected chi connectivity index (χ3v) is 4.26. The number of nitrogens with one attached hydrogen (secondary N) is 1. The maximum atomic E-state index is 12.3. The van der Waals surface area contributed by atoms with Crippen molar-refractivity contribution in [3.8, 4) is 5.75 Å². The maximum absolute atomic E-state index is 12.3. The summed E-state index contributed by atoms with van der Waals surface area (Å²) in [5.41, 5.74) is 1.44. The maximum Gasteiger partial charge on any atom is 0.270 e. The van der Waals surface area contributed by atoms with Crippen LogP contribution >= 0.6 is 0 Å². The van der Waals surface area contributed by atoms with Gasteiger partial charge < -0.3 is 14.6 Å². The fraction of sp³-hybridized carbons (Fsp3) is 0.316. The van der Waals surface area contributed by atoms with E-state index in [4.69, 9.17) is 4.74 Å². The van der Waals surface area contributed by atoms with Gasteiger partial charge in [-0.15, -0.1) is 0 Å². The lowest BCUT2D eigenvalue weighted by Crippen LogP contribution is -2.27. The van der Waals surface area contributed by atoms with E-state index in [1.807, 2.05) is 0 Å². The van der Waals surface area contributed by atoms with Gasteiger partial charge in [0.25, 0.3) is 5.91 Å². The number of rotatable bonds is 6. The highest BCUT2D eigenvalue weighted by Crippen LogP contribution is 2.15. The number of nitrogens with zero attached hydrogens (tertiary/aromatic N) is 1. The third-order valence-electron chi connectivity index (χ3n) is 4.26. The fourth-order valence-electron chi connectivity index (χ4n) is 2.79. The van der Waals surface area contributed by atoms with Crippen LogP contribution < -0.4 is 4.74 Å². The van der Waals surface area contributed by atoms with Gasteiger partial charge in [0.15, 0.2) is 12.4 Å². The number of carbonyl (C=O) groups excluding carboxylic acids is 3. The van der Waals surface area contributed by atoms with Gasteiger partial charge in [0, 0.05) is 30.4 Å². The largest absolute Gasteiger partial charge is 0.485 e. The van der Waals surface area contributed by atoms with Crippen molar-refractivity contribution in [1.29, 1.82) is 0 Å². The van der Waals surface area contributed by atoms with E-state index in [-0.39, 0.29) is 24.1 Å². The van der Waals surface area contributed by atoms with E-state index in [2.05, 4.69) is 4.98 Å². The third kappa shape index (κ3) is 3.96. The van der Waals surface area contributed by atoms with Gasteiger partial charge >= 0.3 is 0 Å². The minimum Gasteiger partial charge on any atom is -0.485 e. The highest BCUT2D eigenvalue weighted by molar-refractivity contribution is 6.01. The van der Waals surface area contributed by atoms with Crippen LogP contribution in [-0.4, -0.2) is 47.1 Å². The Balaban J connectivity index is 1.58. The van der Waals surface area contributed by atoms with Gasteiger partial charge in [-0.3, -0.25) is 14.4 Å². The Hall–Kier alpha value is -2.89. The number of carbonyl (C=O) groups is 3. The van der Waals surface area contributed by atoms with E-state index in [1.54, 1.807) is 35.2 Å². The summed E-state index contributed by atoms with van der Waals surface area (Å²) in [7, 11) is 0. The summed E-state index contributed by atoms with van der Waals surface area (Å²) in [6.07, 6.45) is 3.58. The molecule has 25 heavy (non-hydrogen) atoms. The molecule has 0 unspecified atom stereocenters. The van der Waals surface area contributed by atoms with Gasteiger partial charge in [-0.1, -0.05) is 0 Å². The first-order valence-electron chi connectivity index (χ1n) is 8.29. The van der Waals surface area contributed by atoms with Crippen LogP contribution in [0.4, 0.5) is 0 Å². The van der Waals surface area contributed by atoms with Gasteiger partial charge in [0.05, 0.1) is 0 Å². The molecule has 0 radical (unpaired) electrons. The predicted molar refractivity (Wildman–Crippen MR) is 92.2 cm³/mol. The molecule has 0 bridgehead atoms. The number of ketones is 2. The van der Waals surface area contributed by atoms with Crippen molar-refractivity contribution in [2.45, 2.75) is 19.8 Å². The van der Waals surface area contributed by atoms with Crippen LogP contribution in [0.5, 0.6) is 5.75 Å². The molecule has 0 aliphatic carbocycles. The molecule has 130 valence electrons. The van der Waals surface area contributed by atoms with Gasteiger partial charge in [-0.05, 0) is 50.1 Å². The number of benzene rings is 1. The second kappa shape index (κ2) is 7.34. The molecule has 6 heteroatoms. The number of aromatic amines is 1. The Labute approximate surface area is 145 Å². The second-order valence-electron chi connectivity index (χ2n) is 6.09. The molecule has 1 N–H and O–H groups in total. The van der Waals surface area contributed by atoms with E-state index < -0.39 is 0 Å². The molecule has 0 saturated carbocycles. The standard InChI is InChI=1S/C19H20N2O4/c1-13(22)14-4-6-16(7-5-14)25-12-18(23)15-10-17(20-11-15)19(24)21-8-2-3-9-21/h4-7,10-11,20H,2-3,8-9,12H2,1H3. The smallest absolute Gasteiger partial charge is 0.270 e. The van der Waals surface area contributed by atoms with Crippen LogP contribution in [0.1, 0.15) is 51.0 Å². The lowest BCUT2D eigenvalue weighted by Gasteiger charge is -2.13. The number of H-pyrrole nitrogens is 1. The Morgan fingerprint density at radius 2 is 1.76 bits per heavy atom. The van der Waals surface area contributed by atoms with E-state index in [0.29, 0.717) is 22.6 Å². The van der Waals surface area contributed by atoms with Crippen LogP contribution in [0.25, 0.3) is 0 Å². The first-order chi connectivity index (χ1) is 12.0. The summed E-state index contributed by atoms with van der Waals surface area (Å²) in [4.78, 5) is 40.4. The van der Waals surface area contributed by atoms with Crippen LogP contribution in [0.15, 0.2) is 36.5 Å². The van der Waals surface area contributed by atoms with E-state index in [9.17, 15) is 14.4 Å². The molecule has 0 spiro atoms. The molecule has 6 nitrogen and oxygen atoms in total. The molecule has 1 amide bonds. The van der Waals surface area contributed by atoms with Crippen molar-refractivity contribution < 1.29 is 19.1 Å². The van der Waals surface area contributed by atoms with Crippen molar-refractivity contribution in [2.75, 3.05) is 19.7 Å². The topological polar surface area (TPSA) is 79.5 Å². The molecule has 1 aliphatic rings. The minimum absolute atomic E-state index is 0.0230. The first-order valence-corrected chi connectivity index (χ1v) is 8.29. The molecule has 2 aromatic rings. The number of amides is 1. The van der Waals surface area contributed by atoms with Gasteiger partial charge in [0.2, 0.25) is 5.78 Å². The lowest BCUT2D eigenvalue weighted by molar-refractivity contribution is 0.0787.